The van der Waals surface area contributed by atoms with Gasteiger partial charge in [0.2, 0.25) is 6.08 Å². The smallest absolute Gasteiger partial charge is 0.337 e. The van der Waals surface area contributed by atoms with E-state index in [-0.39, 0.29) is 11.3 Å². The molecule has 0 radical (unpaired) electrons. The van der Waals surface area contributed by atoms with Gasteiger partial charge in [0.1, 0.15) is 6.10 Å². The number of isocyanates is 1. The van der Waals surface area contributed by atoms with E-state index in [1.807, 2.05) is 0 Å². The molecule has 90 valence electrons. The second-order valence-corrected chi connectivity index (χ2v) is 3.21. The second-order valence-electron chi connectivity index (χ2n) is 3.21. The molecule has 0 aliphatic carbocycles. The van der Waals surface area contributed by atoms with Gasteiger partial charge in [-0.15, -0.1) is 0 Å². The third-order valence-electron chi connectivity index (χ3n) is 2.13. The van der Waals surface area contributed by atoms with E-state index >= 15 is 0 Å². The predicted octanol–water partition coefficient (Wildman–Crippen LogP) is 0.221. The van der Waals surface area contributed by atoms with E-state index in [1.54, 1.807) is 0 Å². The van der Waals surface area contributed by atoms with Gasteiger partial charge >= 0.3 is 5.97 Å². The summed E-state index contributed by atoms with van der Waals surface area (Å²) in [6.07, 6.45) is -1.77. The molecule has 0 saturated carbocycles. The number of esters is 1. The molecule has 1 rings (SSSR count). The van der Waals surface area contributed by atoms with Crippen molar-refractivity contribution in [3.05, 3.63) is 29.8 Å². The first-order valence-corrected chi connectivity index (χ1v) is 4.72. The Morgan fingerprint density at radius 2 is 2.18 bits per heavy atom. The molecular weight excluding hydrogens is 226 g/mol. The molecule has 0 fully saturated rings. The summed E-state index contributed by atoms with van der Waals surface area (Å²) in [6, 6.07) is 5.90. The van der Waals surface area contributed by atoms with E-state index in [2.05, 4.69) is 9.73 Å². The van der Waals surface area contributed by atoms with Crippen LogP contribution in [0.15, 0.2) is 29.3 Å². The molecule has 17 heavy (non-hydrogen) atoms. The minimum Gasteiger partial charge on any atom is -0.467 e. The maximum absolute atomic E-state index is 11.0. The van der Waals surface area contributed by atoms with Crippen molar-refractivity contribution < 1.29 is 24.5 Å². The van der Waals surface area contributed by atoms with Crippen LogP contribution in [-0.4, -0.2) is 35.5 Å². The molecule has 1 aromatic rings. The number of aliphatic hydroxyl groups is 2. The summed E-state index contributed by atoms with van der Waals surface area (Å²) < 4.78 is 4.30. The van der Waals surface area contributed by atoms with Crippen LogP contribution >= 0.6 is 0 Å². The first-order chi connectivity index (χ1) is 8.10. The molecule has 1 aromatic carbocycles. The SMILES string of the molecule is COC(=O)C(O)C(O)c1cccc(N=C=O)c1. The summed E-state index contributed by atoms with van der Waals surface area (Å²) in [7, 11) is 1.10. The Labute approximate surface area is 97.2 Å². The molecule has 6 heteroatoms. The van der Waals surface area contributed by atoms with E-state index in [0.29, 0.717) is 0 Å². The number of nitrogens with zero attached hydrogens (tertiary/aromatic N) is 1. The molecule has 0 heterocycles. The number of carbonyl (C=O) groups is 1. The van der Waals surface area contributed by atoms with Gasteiger partial charge in [-0.1, -0.05) is 12.1 Å². The van der Waals surface area contributed by atoms with Crippen LogP contribution in [0.1, 0.15) is 11.7 Å². The molecule has 6 nitrogen and oxygen atoms in total. The molecule has 0 aliphatic rings. The van der Waals surface area contributed by atoms with Gasteiger partial charge in [-0.05, 0) is 17.7 Å². The van der Waals surface area contributed by atoms with Gasteiger partial charge in [-0.25, -0.2) is 9.59 Å². The van der Waals surface area contributed by atoms with Crippen LogP contribution < -0.4 is 0 Å². The zero-order valence-electron chi connectivity index (χ0n) is 9.03. The first kappa shape index (κ1) is 13.1. The van der Waals surface area contributed by atoms with Crippen LogP contribution in [0.4, 0.5) is 5.69 Å². The van der Waals surface area contributed by atoms with Crippen molar-refractivity contribution in [2.24, 2.45) is 4.99 Å². The number of hydrogen-bond donors (Lipinski definition) is 2. The van der Waals surface area contributed by atoms with Crippen molar-refractivity contribution in [1.82, 2.24) is 0 Å². The van der Waals surface area contributed by atoms with E-state index in [0.717, 1.165) is 7.11 Å². The zero-order chi connectivity index (χ0) is 12.8. The van der Waals surface area contributed by atoms with Crippen molar-refractivity contribution in [2.75, 3.05) is 7.11 Å². The Morgan fingerprint density at radius 1 is 1.47 bits per heavy atom. The number of methoxy groups -OCH3 is 1. The van der Waals surface area contributed by atoms with Gasteiger partial charge in [0, 0.05) is 0 Å². The lowest BCUT2D eigenvalue weighted by atomic mass is 10.0. The van der Waals surface area contributed by atoms with E-state index in [1.165, 1.54) is 30.3 Å². The highest BCUT2D eigenvalue weighted by atomic mass is 16.5. The lowest BCUT2D eigenvalue weighted by Gasteiger charge is -2.15. The summed E-state index contributed by atoms with van der Waals surface area (Å²) in [5, 5.41) is 19.1. The monoisotopic (exact) mass is 237 g/mol. The maximum atomic E-state index is 11.0. The number of benzene rings is 1. The highest BCUT2D eigenvalue weighted by Crippen LogP contribution is 2.22. The molecule has 0 saturated heterocycles. The number of aliphatic hydroxyl groups excluding tert-OH is 2. The molecule has 0 aliphatic heterocycles. The summed E-state index contributed by atoms with van der Waals surface area (Å²) in [5.41, 5.74) is 0.521. The lowest BCUT2D eigenvalue weighted by molar-refractivity contribution is -0.156. The summed E-state index contributed by atoms with van der Waals surface area (Å²) in [6.45, 7) is 0. The van der Waals surface area contributed by atoms with E-state index < -0.39 is 18.2 Å². The Hall–Kier alpha value is -2.01. The first-order valence-electron chi connectivity index (χ1n) is 4.72. The van der Waals surface area contributed by atoms with Crippen LogP contribution in [0.5, 0.6) is 0 Å². The van der Waals surface area contributed by atoms with Crippen LogP contribution in [-0.2, 0) is 14.3 Å². The van der Waals surface area contributed by atoms with Crippen LogP contribution in [0.25, 0.3) is 0 Å². The average molecular weight is 237 g/mol. The van der Waals surface area contributed by atoms with Gasteiger partial charge in [0.05, 0.1) is 12.8 Å². The number of carbonyl (C=O) groups excluding carboxylic acids is 2. The zero-order valence-corrected chi connectivity index (χ0v) is 9.03. The quantitative estimate of drug-likeness (QED) is 0.443. The van der Waals surface area contributed by atoms with Crippen LogP contribution in [0.3, 0.4) is 0 Å². The van der Waals surface area contributed by atoms with Gasteiger partial charge in [0.15, 0.2) is 6.10 Å². The normalized spacial score (nSPS) is 13.4. The largest absolute Gasteiger partial charge is 0.467 e. The number of ether oxygens (including phenoxy) is 1. The minimum atomic E-state index is -1.68. The molecule has 0 amide bonds. The molecule has 2 atom stereocenters. The fraction of sp³-hybridized carbons (Fsp3) is 0.273. The number of rotatable bonds is 4. The minimum absolute atomic E-state index is 0.249. The van der Waals surface area contributed by atoms with E-state index in [4.69, 9.17) is 0 Å². The molecule has 0 bridgehead atoms. The summed E-state index contributed by atoms with van der Waals surface area (Å²) in [4.78, 5) is 24.4. The van der Waals surface area contributed by atoms with Gasteiger partial charge in [0.25, 0.3) is 0 Å². The molecule has 2 unspecified atom stereocenters. The Bertz CT molecular complexity index is 453. The highest BCUT2D eigenvalue weighted by molar-refractivity contribution is 5.75. The van der Waals surface area contributed by atoms with E-state index in [9.17, 15) is 19.8 Å². The van der Waals surface area contributed by atoms with Crippen LogP contribution in [0.2, 0.25) is 0 Å². The average Bonchev–Trinajstić information content (AvgIpc) is 2.36. The molecule has 0 spiro atoms. The van der Waals surface area contributed by atoms with Crippen molar-refractivity contribution in [3.8, 4) is 0 Å². The van der Waals surface area contributed by atoms with Crippen molar-refractivity contribution in [2.45, 2.75) is 12.2 Å². The van der Waals surface area contributed by atoms with Crippen molar-refractivity contribution in [1.29, 1.82) is 0 Å². The Balaban J connectivity index is 2.95. The summed E-state index contributed by atoms with van der Waals surface area (Å²) >= 11 is 0. The third kappa shape index (κ3) is 3.22. The second kappa shape index (κ2) is 5.91. The predicted molar refractivity (Wildman–Crippen MR) is 57.2 cm³/mol. The fourth-order valence-corrected chi connectivity index (χ4v) is 1.26. The Kier molecular flexibility index (Phi) is 4.54. The van der Waals surface area contributed by atoms with Crippen LogP contribution in [0, 0.1) is 0 Å². The molecule has 0 aromatic heterocycles. The third-order valence-corrected chi connectivity index (χ3v) is 2.13. The fourth-order valence-electron chi connectivity index (χ4n) is 1.26. The molecule has 2 N–H and O–H groups in total. The highest BCUT2D eigenvalue weighted by Gasteiger charge is 2.26. The summed E-state index contributed by atoms with van der Waals surface area (Å²) in [5.74, 6) is -0.943. The van der Waals surface area contributed by atoms with Gasteiger partial charge in [-0.3, -0.25) is 0 Å². The van der Waals surface area contributed by atoms with Gasteiger partial charge < -0.3 is 14.9 Å². The van der Waals surface area contributed by atoms with Gasteiger partial charge in [-0.2, -0.15) is 4.99 Å². The topological polar surface area (TPSA) is 96.2 Å². The van der Waals surface area contributed by atoms with Crippen molar-refractivity contribution in [3.63, 3.8) is 0 Å². The number of hydrogen-bond acceptors (Lipinski definition) is 6. The lowest BCUT2D eigenvalue weighted by Crippen LogP contribution is -2.28. The van der Waals surface area contributed by atoms with Crippen molar-refractivity contribution >= 4 is 17.7 Å². The Morgan fingerprint density at radius 3 is 2.76 bits per heavy atom. The maximum Gasteiger partial charge on any atom is 0.337 e. The molecular formula is C11H11NO5. The number of aliphatic imine (C=N–C) groups is 1. The standard InChI is InChI=1S/C11H11NO5/c1-17-11(16)10(15)9(14)7-3-2-4-8(5-7)12-6-13/h2-5,9-10,14-15H,1H3.